The number of ether oxygens (including phenoxy) is 1. The summed E-state index contributed by atoms with van der Waals surface area (Å²) in [7, 11) is 0. The number of amides is 1. The molecule has 4 rings (SSSR count). The van der Waals surface area contributed by atoms with E-state index in [0.29, 0.717) is 13.1 Å². The van der Waals surface area contributed by atoms with Gasteiger partial charge in [0.15, 0.2) is 0 Å². The summed E-state index contributed by atoms with van der Waals surface area (Å²) in [5, 5.41) is 5.56. The smallest absolute Gasteiger partial charge is 0.410 e. The molecule has 2 aromatic heterocycles. The van der Waals surface area contributed by atoms with Gasteiger partial charge in [-0.15, -0.1) is 0 Å². The van der Waals surface area contributed by atoms with E-state index in [1.165, 1.54) is 5.56 Å². The number of pyridine rings is 2. The number of anilines is 2. The van der Waals surface area contributed by atoms with Crippen LogP contribution >= 0.6 is 0 Å². The number of hydrogen-bond acceptors (Lipinski definition) is 6. The van der Waals surface area contributed by atoms with E-state index in [-0.39, 0.29) is 6.09 Å². The van der Waals surface area contributed by atoms with Crippen molar-refractivity contribution in [1.29, 1.82) is 0 Å². The van der Waals surface area contributed by atoms with Gasteiger partial charge in [-0.25, -0.2) is 14.8 Å². The molecule has 0 unspecified atom stereocenters. The van der Waals surface area contributed by atoms with Gasteiger partial charge in [0.1, 0.15) is 17.2 Å². The molecule has 1 saturated heterocycles. The minimum Gasteiger partial charge on any atom is -0.444 e. The fourth-order valence-corrected chi connectivity index (χ4v) is 3.60. The van der Waals surface area contributed by atoms with Crippen LogP contribution in [0.2, 0.25) is 0 Å². The number of carbonyl (C=O) groups is 1. The Balaban J connectivity index is 1.34. The molecule has 7 heteroatoms. The topological polar surface area (TPSA) is 70.6 Å². The van der Waals surface area contributed by atoms with E-state index < -0.39 is 5.60 Å². The zero-order valence-electron chi connectivity index (χ0n) is 18.3. The van der Waals surface area contributed by atoms with E-state index in [4.69, 9.17) is 4.74 Å². The quantitative estimate of drug-likeness (QED) is 0.675. The highest BCUT2D eigenvalue weighted by molar-refractivity contribution is 5.84. The van der Waals surface area contributed by atoms with Crippen molar-refractivity contribution >= 4 is 28.5 Å². The van der Waals surface area contributed by atoms with Gasteiger partial charge in [-0.3, -0.25) is 4.90 Å². The Morgan fingerprint density at radius 2 is 1.71 bits per heavy atom. The Kier molecular flexibility index (Phi) is 6.04. The Labute approximate surface area is 183 Å². The van der Waals surface area contributed by atoms with Gasteiger partial charge in [0.25, 0.3) is 0 Å². The number of benzene rings is 1. The van der Waals surface area contributed by atoms with E-state index in [1.807, 2.05) is 63.5 Å². The lowest BCUT2D eigenvalue weighted by atomic mass is 10.2. The molecular weight excluding hydrogens is 390 g/mol. The molecule has 1 aliphatic rings. The van der Waals surface area contributed by atoms with Crippen LogP contribution in [0.25, 0.3) is 10.8 Å². The lowest BCUT2D eigenvalue weighted by molar-refractivity contribution is 0.0139. The zero-order chi connectivity index (χ0) is 21.8. The molecule has 0 bridgehead atoms. The molecule has 0 aliphatic carbocycles. The van der Waals surface area contributed by atoms with Gasteiger partial charge in [-0.05, 0) is 49.9 Å². The van der Waals surface area contributed by atoms with Gasteiger partial charge >= 0.3 is 6.09 Å². The van der Waals surface area contributed by atoms with Crippen LogP contribution in [-0.4, -0.2) is 57.6 Å². The van der Waals surface area contributed by atoms with Crippen LogP contribution < -0.4 is 5.32 Å². The Morgan fingerprint density at radius 1 is 1.00 bits per heavy atom. The van der Waals surface area contributed by atoms with E-state index in [2.05, 4.69) is 32.3 Å². The van der Waals surface area contributed by atoms with Crippen molar-refractivity contribution in [1.82, 2.24) is 19.8 Å². The SMILES string of the molecule is CC(C)(C)OC(=O)N1CCN(Cc2ccnc(Nc3cc4ccccc4cn3)c2)CC1. The number of fused-ring (bicyclic) bond motifs is 1. The standard InChI is InChI=1S/C24H29N5O2/c1-24(2,3)31-23(30)29-12-10-28(11-13-29)17-18-8-9-25-21(14-18)27-22-15-19-6-4-5-7-20(19)16-26-22/h4-9,14-16H,10-13,17H2,1-3H3,(H,25,26,27). The first-order valence-corrected chi connectivity index (χ1v) is 10.6. The van der Waals surface area contributed by atoms with Crippen LogP contribution in [0.5, 0.6) is 0 Å². The molecule has 0 radical (unpaired) electrons. The lowest BCUT2D eigenvalue weighted by Crippen LogP contribution is -2.49. The van der Waals surface area contributed by atoms with Crippen LogP contribution in [0.4, 0.5) is 16.4 Å². The third-order valence-electron chi connectivity index (χ3n) is 5.14. The number of hydrogen-bond donors (Lipinski definition) is 1. The van der Waals surface area contributed by atoms with Crippen molar-refractivity contribution < 1.29 is 9.53 Å². The van der Waals surface area contributed by atoms with Crippen molar-refractivity contribution in [2.24, 2.45) is 0 Å². The summed E-state index contributed by atoms with van der Waals surface area (Å²) in [5.74, 6) is 1.54. The second-order valence-corrected chi connectivity index (χ2v) is 8.83. The predicted molar refractivity (Wildman–Crippen MR) is 122 cm³/mol. The average molecular weight is 420 g/mol. The van der Waals surface area contributed by atoms with Gasteiger partial charge in [-0.1, -0.05) is 24.3 Å². The summed E-state index contributed by atoms with van der Waals surface area (Å²) in [4.78, 5) is 25.3. The zero-order valence-corrected chi connectivity index (χ0v) is 18.3. The monoisotopic (exact) mass is 419 g/mol. The molecule has 1 aliphatic heterocycles. The summed E-state index contributed by atoms with van der Waals surface area (Å²) in [6, 6.07) is 14.3. The maximum atomic E-state index is 12.2. The molecule has 1 aromatic carbocycles. The number of rotatable bonds is 4. The molecule has 0 atom stereocenters. The van der Waals surface area contributed by atoms with Crippen molar-refractivity contribution in [2.75, 3.05) is 31.5 Å². The van der Waals surface area contributed by atoms with Gasteiger partial charge < -0.3 is 15.0 Å². The normalized spacial score (nSPS) is 15.1. The number of piperazine rings is 1. The van der Waals surface area contributed by atoms with Gasteiger partial charge in [0, 0.05) is 50.5 Å². The van der Waals surface area contributed by atoms with Crippen LogP contribution in [0.3, 0.4) is 0 Å². The van der Waals surface area contributed by atoms with Gasteiger partial charge in [-0.2, -0.15) is 0 Å². The third-order valence-corrected chi connectivity index (χ3v) is 5.14. The van der Waals surface area contributed by atoms with Crippen LogP contribution in [-0.2, 0) is 11.3 Å². The number of nitrogens with one attached hydrogen (secondary N) is 1. The largest absolute Gasteiger partial charge is 0.444 e. The average Bonchev–Trinajstić information content (AvgIpc) is 2.73. The Bertz CT molecular complexity index is 1060. The molecule has 31 heavy (non-hydrogen) atoms. The maximum Gasteiger partial charge on any atom is 0.410 e. The molecule has 3 aromatic rings. The summed E-state index contributed by atoms with van der Waals surface area (Å²) < 4.78 is 5.48. The van der Waals surface area contributed by atoms with Crippen molar-refractivity contribution in [3.63, 3.8) is 0 Å². The van der Waals surface area contributed by atoms with Gasteiger partial charge in [0.2, 0.25) is 0 Å². The number of carbonyl (C=O) groups excluding carboxylic acids is 1. The minimum absolute atomic E-state index is 0.231. The highest BCUT2D eigenvalue weighted by Crippen LogP contribution is 2.20. The summed E-state index contributed by atoms with van der Waals surface area (Å²) in [6.45, 7) is 9.47. The van der Waals surface area contributed by atoms with E-state index >= 15 is 0 Å². The summed E-state index contributed by atoms with van der Waals surface area (Å²) in [5.41, 5.74) is 0.707. The molecule has 162 valence electrons. The van der Waals surface area contributed by atoms with Crippen molar-refractivity contribution in [3.8, 4) is 0 Å². The van der Waals surface area contributed by atoms with E-state index in [1.54, 1.807) is 4.90 Å². The second kappa shape index (κ2) is 8.89. The molecule has 1 fully saturated rings. The first kappa shape index (κ1) is 21.1. The first-order chi connectivity index (χ1) is 14.9. The predicted octanol–water partition coefficient (Wildman–Crippen LogP) is 4.43. The number of nitrogens with zero attached hydrogens (tertiary/aromatic N) is 4. The van der Waals surface area contributed by atoms with Crippen LogP contribution in [0, 0.1) is 0 Å². The summed E-state index contributed by atoms with van der Waals surface area (Å²) >= 11 is 0. The Hall–Kier alpha value is -3.19. The molecule has 7 nitrogen and oxygen atoms in total. The second-order valence-electron chi connectivity index (χ2n) is 8.83. The fourth-order valence-electron chi connectivity index (χ4n) is 3.60. The van der Waals surface area contributed by atoms with Crippen LogP contribution in [0.1, 0.15) is 26.3 Å². The van der Waals surface area contributed by atoms with E-state index in [9.17, 15) is 4.79 Å². The Morgan fingerprint density at radius 3 is 2.45 bits per heavy atom. The molecule has 1 amide bonds. The molecule has 0 spiro atoms. The highest BCUT2D eigenvalue weighted by Gasteiger charge is 2.25. The summed E-state index contributed by atoms with van der Waals surface area (Å²) in [6.07, 6.45) is 3.45. The van der Waals surface area contributed by atoms with E-state index in [0.717, 1.165) is 42.0 Å². The highest BCUT2D eigenvalue weighted by atomic mass is 16.6. The fraction of sp³-hybridized carbons (Fsp3) is 0.375. The van der Waals surface area contributed by atoms with Gasteiger partial charge in [0.05, 0.1) is 0 Å². The maximum absolute atomic E-state index is 12.2. The van der Waals surface area contributed by atoms with Crippen molar-refractivity contribution in [2.45, 2.75) is 32.9 Å². The van der Waals surface area contributed by atoms with Crippen molar-refractivity contribution in [3.05, 3.63) is 60.4 Å². The number of aromatic nitrogens is 2. The molecular formula is C24H29N5O2. The molecule has 3 heterocycles. The molecule has 0 saturated carbocycles. The lowest BCUT2D eigenvalue weighted by Gasteiger charge is -2.35. The van der Waals surface area contributed by atoms with Crippen LogP contribution in [0.15, 0.2) is 54.9 Å². The first-order valence-electron chi connectivity index (χ1n) is 10.6. The minimum atomic E-state index is -0.464. The molecule has 1 N–H and O–H groups in total. The third kappa shape index (κ3) is 5.70.